The highest BCUT2D eigenvalue weighted by Crippen LogP contribution is 2.24. The van der Waals surface area contributed by atoms with E-state index >= 15 is 0 Å². The number of nitrogens with zero attached hydrogens (tertiary/aromatic N) is 1. The summed E-state index contributed by atoms with van der Waals surface area (Å²) in [6.45, 7) is 6.70. The summed E-state index contributed by atoms with van der Waals surface area (Å²) in [5.74, 6) is 0.578. The Labute approximate surface area is 173 Å². The van der Waals surface area contributed by atoms with Crippen molar-refractivity contribution in [1.29, 1.82) is 0 Å². The van der Waals surface area contributed by atoms with Gasteiger partial charge in [0, 0.05) is 11.6 Å². The molecule has 0 saturated heterocycles. The van der Waals surface area contributed by atoms with E-state index in [1.165, 1.54) is 10.6 Å². The lowest BCUT2D eigenvalue weighted by Gasteiger charge is -2.23. The first-order valence-electron chi connectivity index (χ1n) is 9.88. The Kier molecular flexibility index (Phi) is 8.08. The molecule has 1 amide bonds. The lowest BCUT2D eigenvalue weighted by Crippen LogP contribution is -2.33. The fourth-order valence-electron chi connectivity index (χ4n) is 2.96. The van der Waals surface area contributed by atoms with Crippen LogP contribution in [0.25, 0.3) is 0 Å². The fraction of sp³-hybridized carbons (Fsp3) is 0.409. The van der Waals surface area contributed by atoms with Crippen LogP contribution in [0.1, 0.15) is 49.5 Å². The van der Waals surface area contributed by atoms with Gasteiger partial charge in [-0.3, -0.25) is 9.10 Å². The van der Waals surface area contributed by atoms with Crippen LogP contribution in [-0.2, 0) is 16.6 Å². The molecule has 2 rings (SSSR count). The first-order valence-corrected chi connectivity index (χ1v) is 11.7. The van der Waals surface area contributed by atoms with Crippen molar-refractivity contribution in [3.8, 4) is 5.75 Å². The predicted molar refractivity (Wildman–Crippen MR) is 117 cm³/mol. The van der Waals surface area contributed by atoms with Crippen LogP contribution in [0.4, 0.5) is 5.69 Å². The maximum absolute atomic E-state index is 12.3. The zero-order chi connectivity index (χ0) is 21.4. The van der Waals surface area contributed by atoms with Gasteiger partial charge < -0.3 is 10.1 Å². The molecule has 2 aromatic carbocycles. The first-order chi connectivity index (χ1) is 13.8. The molecule has 0 fully saturated rings. The highest BCUT2D eigenvalue weighted by molar-refractivity contribution is 7.92. The fourth-order valence-corrected chi connectivity index (χ4v) is 3.85. The van der Waals surface area contributed by atoms with Crippen molar-refractivity contribution in [3.63, 3.8) is 0 Å². The zero-order valence-corrected chi connectivity index (χ0v) is 18.3. The molecular weight excluding hydrogens is 388 g/mol. The van der Waals surface area contributed by atoms with E-state index in [1.807, 2.05) is 20.8 Å². The summed E-state index contributed by atoms with van der Waals surface area (Å²) in [5, 5.41) is 3.00. The van der Waals surface area contributed by atoms with Gasteiger partial charge in [0.25, 0.3) is 5.91 Å². The molecule has 29 heavy (non-hydrogen) atoms. The van der Waals surface area contributed by atoms with Gasteiger partial charge in [-0.25, -0.2) is 8.42 Å². The van der Waals surface area contributed by atoms with Crippen molar-refractivity contribution in [2.75, 3.05) is 17.2 Å². The Hall–Kier alpha value is -2.54. The van der Waals surface area contributed by atoms with Crippen LogP contribution in [-0.4, -0.2) is 33.2 Å². The smallest absolute Gasteiger partial charge is 0.251 e. The van der Waals surface area contributed by atoms with E-state index in [0.29, 0.717) is 23.6 Å². The van der Waals surface area contributed by atoms with Gasteiger partial charge in [-0.15, -0.1) is 0 Å². The molecule has 0 aliphatic rings. The normalized spacial score (nSPS) is 11.3. The van der Waals surface area contributed by atoms with Crippen molar-refractivity contribution in [2.45, 2.75) is 46.2 Å². The molecule has 2 aromatic rings. The topological polar surface area (TPSA) is 75.7 Å². The van der Waals surface area contributed by atoms with Crippen LogP contribution in [0, 0.1) is 0 Å². The van der Waals surface area contributed by atoms with E-state index in [1.54, 1.807) is 48.5 Å². The maximum Gasteiger partial charge on any atom is 0.251 e. The van der Waals surface area contributed by atoms with Gasteiger partial charge in [-0.05, 0) is 61.7 Å². The highest BCUT2D eigenvalue weighted by Gasteiger charge is 2.18. The minimum absolute atomic E-state index is 0.114. The van der Waals surface area contributed by atoms with Gasteiger partial charge in [0.1, 0.15) is 5.75 Å². The third-order valence-corrected chi connectivity index (χ3v) is 5.84. The van der Waals surface area contributed by atoms with Crippen LogP contribution in [0.15, 0.2) is 48.5 Å². The van der Waals surface area contributed by atoms with Crippen molar-refractivity contribution in [3.05, 3.63) is 59.7 Å². The number of hydrogen-bond acceptors (Lipinski definition) is 4. The molecule has 0 aromatic heterocycles. The second-order valence-corrected chi connectivity index (χ2v) is 8.79. The number of carbonyl (C=O) groups is 1. The predicted octanol–water partition coefficient (Wildman–Crippen LogP) is 3.97. The van der Waals surface area contributed by atoms with E-state index in [-0.39, 0.29) is 18.5 Å². The number of amides is 1. The van der Waals surface area contributed by atoms with E-state index in [0.717, 1.165) is 18.4 Å². The highest BCUT2D eigenvalue weighted by atomic mass is 32.2. The second kappa shape index (κ2) is 10.3. The third kappa shape index (κ3) is 6.49. The maximum atomic E-state index is 12.3. The zero-order valence-electron chi connectivity index (χ0n) is 17.5. The number of benzene rings is 2. The van der Waals surface area contributed by atoms with E-state index in [4.69, 9.17) is 4.74 Å². The van der Waals surface area contributed by atoms with Crippen LogP contribution in [0.5, 0.6) is 5.75 Å². The molecule has 0 heterocycles. The largest absolute Gasteiger partial charge is 0.494 e. The molecule has 1 N–H and O–H groups in total. The van der Waals surface area contributed by atoms with E-state index in [2.05, 4.69) is 5.32 Å². The molecule has 0 unspecified atom stereocenters. The molecule has 158 valence electrons. The average Bonchev–Trinajstić information content (AvgIpc) is 2.70. The van der Waals surface area contributed by atoms with Crippen molar-refractivity contribution < 1.29 is 17.9 Å². The Balaban J connectivity index is 2.16. The minimum atomic E-state index is -3.48. The number of ether oxygens (including phenoxy) is 1. The standard InChI is InChI=1S/C22H30N2O4S/c1-5-19(6-2)23-22(25)18-10-8-17(9-11-18)16-24(29(4,26)27)20-12-14-21(15-13-20)28-7-3/h8-15,19H,5-7,16H2,1-4H3,(H,23,25). The molecule has 7 heteroatoms. The third-order valence-electron chi connectivity index (χ3n) is 4.70. The summed E-state index contributed by atoms with van der Waals surface area (Å²) in [5.41, 5.74) is 1.92. The minimum Gasteiger partial charge on any atom is -0.494 e. The van der Waals surface area contributed by atoms with Gasteiger partial charge in [0.05, 0.1) is 25.1 Å². The summed E-state index contributed by atoms with van der Waals surface area (Å²) in [7, 11) is -3.48. The van der Waals surface area contributed by atoms with Crippen LogP contribution >= 0.6 is 0 Å². The van der Waals surface area contributed by atoms with Crippen molar-refractivity contribution >= 4 is 21.6 Å². The van der Waals surface area contributed by atoms with Gasteiger partial charge in [0.15, 0.2) is 0 Å². The number of sulfonamides is 1. The van der Waals surface area contributed by atoms with E-state index < -0.39 is 10.0 Å². The van der Waals surface area contributed by atoms with Crippen LogP contribution in [0.3, 0.4) is 0 Å². The summed E-state index contributed by atoms with van der Waals surface area (Å²) in [6.07, 6.45) is 2.94. The molecule has 0 atom stereocenters. The lowest BCUT2D eigenvalue weighted by molar-refractivity contribution is 0.0935. The molecule has 6 nitrogen and oxygen atoms in total. The number of anilines is 1. The molecule has 0 spiro atoms. The number of rotatable bonds is 10. The molecule has 0 saturated carbocycles. The van der Waals surface area contributed by atoms with Crippen LogP contribution < -0.4 is 14.4 Å². The van der Waals surface area contributed by atoms with Crippen molar-refractivity contribution in [2.24, 2.45) is 0 Å². The summed E-state index contributed by atoms with van der Waals surface area (Å²) in [6, 6.07) is 14.1. The molecule has 0 radical (unpaired) electrons. The van der Waals surface area contributed by atoms with Gasteiger partial charge in [0.2, 0.25) is 10.0 Å². The monoisotopic (exact) mass is 418 g/mol. The van der Waals surface area contributed by atoms with Crippen LogP contribution in [0.2, 0.25) is 0 Å². The Morgan fingerprint density at radius 3 is 2.07 bits per heavy atom. The SMILES string of the molecule is CCOc1ccc(N(Cc2ccc(C(=O)NC(CC)CC)cc2)S(C)(=O)=O)cc1. The Morgan fingerprint density at radius 1 is 1.00 bits per heavy atom. The Bertz CT molecular complexity index is 889. The first kappa shape index (κ1) is 22.7. The summed E-state index contributed by atoms with van der Waals surface area (Å²) < 4.78 is 31.4. The van der Waals surface area contributed by atoms with Gasteiger partial charge in [-0.2, -0.15) is 0 Å². The van der Waals surface area contributed by atoms with E-state index in [9.17, 15) is 13.2 Å². The number of nitrogens with one attached hydrogen (secondary N) is 1. The lowest BCUT2D eigenvalue weighted by atomic mass is 10.1. The molecule has 0 aliphatic heterocycles. The molecule has 0 bridgehead atoms. The average molecular weight is 419 g/mol. The summed E-state index contributed by atoms with van der Waals surface area (Å²) in [4.78, 5) is 12.3. The quantitative estimate of drug-likeness (QED) is 0.633. The number of hydrogen-bond donors (Lipinski definition) is 1. The Morgan fingerprint density at radius 2 is 1.59 bits per heavy atom. The van der Waals surface area contributed by atoms with Gasteiger partial charge >= 0.3 is 0 Å². The molecule has 0 aliphatic carbocycles. The second-order valence-electron chi connectivity index (χ2n) is 6.88. The van der Waals surface area contributed by atoms with Gasteiger partial charge in [-0.1, -0.05) is 26.0 Å². The number of carbonyl (C=O) groups excluding carboxylic acids is 1. The molecular formula is C22H30N2O4S. The van der Waals surface area contributed by atoms with Crippen molar-refractivity contribution in [1.82, 2.24) is 5.32 Å². The summed E-state index contributed by atoms with van der Waals surface area (Å²) >= 11 is 0.